The molecule has 11 heteroatoms. The van der Waals surface area contributed by atoms with Crippen molar-refractivity contribution in [3.05, 3.63) is 52.1 Å². The molecule has 0 aliphatic carbocycles. The van der Waals surface area contributed by atoms with E-state index in [0.717, 1.165) is 54.3 Å². The maximum Gasteiger partial charge on any atom is 0.229 e. The van der Waals surface area contributed by atoms with E-state index in [4.69, 9.17) is 11.6 Å². The first-order valence-electron chi connectivity index (χ1n) is 11.3. The summed E-state index contributed by atoms with van der Waals surface area (Å²) >= 11 is 6.22. The van der Waals surface area contributed by atoms with Gasteiger partial charge >= 0.3 is 0 Å². The van der Waals surface area contributed by atoms with Crippen LogP contribution in [-0.4, -0.2) is 59.9 Å². The lowest BCUT2D eigenvalue weighted by Gasteiger charge is -2.41. The molecule has 2 saturated heterocycles. The van der Waals surface area contributed by atoms with Gasteiger partial charge < -0.3 is 10.6 Å². The van der Waals surface area contributed by atoms with E-state index in [1.165, 1.54) is 6.20 Å². The van der Waals surface area contributed by atoms with Gasteiger partial charge in [-0.3, -0.25) is 14.2 Å². The molecule has 0 radical (unpaired) electrons. The molecule has 3 N–H and O–H groups in total. The summed E-state index contributed by atoms with van der Waals surface area (Å²) in [4.78, 5) is 11.0. The van der Waals surface area contributed by atoms with Crippen LogP contribution < -0.4 is 10.6 Å². The second-order valence-corrected chi connectivity index (χ2v) is 11.0. The zero-order valence-electron chi connectivity index (χ0n) is 19.1. The largest absolute Gasteiger partial charge is 0.322 e. The van der Waals surface area contributed by atoms with Gasteiger partial charge in [0.1, 0.15) is 10.8 Å². The fraction of sp³-hybridized carbons (Fsp3) is 0.435. The molecule has 0 saturated carbocycles. The summed E-state index contributed by atoms with van der Waals surface area (Å²) in [5.74, 6) is 2.76. The zero-order valence-corrected chi connectivity index (χ0v) is 20.6. The fourth-order valence-electron chi connectivity index (χ4n) is 4.64. The highest BCUT2D eigenvalue weighted by Crippen LogP contribution is 2.35. The number of piperidine rings is 1. The van der Waals surface area contributed by atoms with Gasteiger partial charge in [-0.2, -0.15) is 10.1 Å². The molecule has 2 aromatic heterocycles. The van der Waals surface area contributed by atoms with Crippen LogP contribution >= 0.6 is 11.6 Å². The number of halogens is 2. The Morgan fingerprint density at radius 1 is 1.18 bits per heavy atom. The number of hydrogen-bond acceptors (Lipinski definition) is 7. The molecule has 3 aromatic rings. The molecule has 0 atom stereocenters. The normalized spacial score (nSPS) is 21.3. The lowest BCUT2D eigenvalue weighted by atomic mass is 9.86. The van der Waals surface area contributed by atoms with E-state index in [9.17, 15) is 4.21 Å². The van der Waals surface area contributed by atoms with Crippen LogP contribution in [0.15, 0.2) is 24.4 Å². The summed E-state index contributed by atoms with van der Waals surface area (Å²) in [6.45, 7) is 5.84. The van der Waals surface area contributed by atoms with E-state index in [0.29, 0.717) is 34.3 Å². The third-order valence-corrected chi connectivity index (χ3v) is 8.33. The molecule has 0 amide bonds. The van der Waals surface area contributed by atoms with Gasteiger partial charge in [0.05, 0.1) is 11.9 Å². The summed E-state index contributed by atoms with van der Waals surface area (Å²) < 4.78 is 26.5. The Kier molecular flexibility index (Phi) is 6.54. The summed E-state index contributed by atoms with van der Waals surface area (Å²) in [5.41, 5.74) is 3.30. The highest BCUT2D eigenvalue weighted by Gasteiger charge is 2.34. The van der Waals surface area contributed by atoms with E-state index in [1.807, 2.05) is 26.0 Å². The number of rotatable bonds is 6. The van der Waals surface area contributed by atoms with Gasteiger partial charge in [-0.15, -0.1) is 0 Å². The molecule has 4 heterocycles. The van der Waals surface area contributed by atoms with Gasteiger partial charge in [0.25, 0.3) is 0 Å². The molecule has 34 heavy (non-hydrogen) atoms. The first-order valence-corrected chi connectivity index (χ1v) is 13.2. The minimum Gasteiger partial charge on any atom is -0.322 e. The van der Waals surface area contributed by atoms with Gasteiger partial charge in [-0.05, 0) is 69.0 Å². The lowest BCUT2D eigenvalue weighted by Crippen LogP contribution is -2.52. The Labute approximate surface area is 205 Å². The highest BCUT2D eigenvalue weighted by molar-refractivity contribution is 7.86. The van der Waals surface area contributed by atoms with Gasteiger partial charge in [0, 0.05) is 40.1 Å². The van der Waals surface area contributed by atoms with Crippen LogP contribution in [0, 0.1) is 19.7 Å². The van der Waals surface area contributed by atoms with Crippen LogP contribution in [0.5, 0.6) is 0 Å². The molecule has 2 fully saturated rings. The second kappa shape index (κ2) is 9.59. The van der Waals surface area contributed by atoms with Crippen molar-refractivity contribution in [3.8, 4) is 0 Å². The van der Waals surface area contributed by atoms with Crippen molar-refractivity contribution >= 4 is 45.7 Å². The molecule has 0 unspecified atom stereocenters. The molecule has 0 spiro atoms. The first kappa shape index (κ1) is 23.2. The van der Waals surface area contributed by atoms with Gasteiger partial charge in [-0.1, -0.05) is 11.6 Å². The Hall–Kier alpha value is -2.56. The van der Waals surface area contributed by atoms with Gasteiger partial charge in [0.2, 0.25) is 5.95 Å². The van der Waals surface area contributed by atoms with E-state index in [1.54, 1.807) is 6.07 Å². The van der Waals surface area contributed by atoms with E-state index >= 15 is 4.39 Å². The number of nitrogens with zero attached hydrogens (tertiary/aromatic N) is 4. The van der Waals surface area contributed by atoms with Crippen molar-refractivity contribution in [2.45, 2.75) is 38.6 Å². The van der Waals surface area contributed by atoms with Crippen LogP contribution in [0.2, 0.25) is 5.02 Å². The smallest absolute Gasteiger partial charge is 0.229 e. The van der Waals surface area contributed by atoms with Crippen molar-refractivity contribution in [3.63, 3.8) is 0 Å². The molecular weight excluding hydrogens is 477 g/mol. The lowest BCUT2D eigenvalue weighted by molar-refractivity contribution is 0.168. The maximum atomic E-state index is 15.1. The number of aromatic nitrogens is 4. The molecule has 2 aliphatic heterocycles. The third-order valence-electron chi connectivity index (χ3n) is 6.54. The van der Waals surface area contributed by atoms with E-state index in [2.05, 4.69) is 35.7 Å². The molecule has 8 nitrogen and oxygen atoms in total. The summed E-state index contributed by atoms with van der Waals surface area (Å²) in [6, 6.07) is 5.74. The molecule has 0 bridgehead atoms. The first-order chi connectivity index (χ1) is 16.4. The molecule has 5 rings (SSSR count). The molecule has 2 aliphatic rings. The second-order valence-electron chi connectivity index (χ2n) is 9.00. The number of anilines is 4. The monoisotopic (exact) mass is 503 g/mol. The van der Waals surface area contributed by atoms with E-state index in [-0.39, 0.29) is 11.8 Å². The number of aryl methyl sites for hydroxylation is 2. The van der Waals surface area contributed by atoms with Crippen LogP contribution in [0.25, 0.3) is 0 Å². The minimum atomic E-state index is -0.632. The van der Waals surface area contributed by atoms with Gasteiger partial charge in [-0.25, -0.2) is 9.37 Å². The SMILES string of the molecule is Cc1cc(Nc2nc(Nc3cc(C)c(C4CCN(C5CS(=O)C5)CC4)cc3F)ncc2Cl)n[nH]1. The van der Waals surface area contributed by atoms with Gasteiger partial charge in [0.15, 0.2) is 11.6 Å². The Morgan fingerprint density at radius 2 is 1.94 bits per heavy atom. The number of aromatic amines is 1. The van der Waals surface area contributed by atoms with Crippen molar-refractivity contribution in [1.29, 1.82) is 0 Å². The molecule has 1 aromatic carbocycles. The average Bonchev–Trinajstić information content (AvgIpc) is 3.21. The minimum absolute atomic E-state index is 0.233. The Morgan fingerprint density at radius 3 is 2.62 bits per heavy atom. The number of likely N-dealkylation sites (tertiary alicyclic amines) is 1. The number of hydrogen-bond donors (Lipinski definition) is 3. The zero-order chi connectivity index (χ0) is 23.8. The third kappa shape index (κ3) is 4.94. The van der Waals surface area contributed by atoms with Crippen LogP contribution in [0.4, 0.5) is 27.7 Å². The van der Waals surface area contributed by atoms with Crippen LogP contribution in [-0.2, 0) is 10.8 Å². The number of nitrogens with one attached hydrogen (secondary N) is 3. The van der Waals surface area contributed by atoms with Crippen molar-refractivity contribution < 1.29 is 8.60 Å². The summed E-state index contributed by atoms with van der Waals surface area (Å²) in [6.07, 6.45) is 3.43. The summed E-state index contributed by atoms with van der Waals surface area (Å²) in [5, 5.41) is 13.3. The van der Waals surface area contributed by atoms with Crippen molar-refractivity contribution in [2.75, 3.05) is 35.2 Å². The number of H-pyrrole nitrogens is 1. The topological polar surface area (TPSA) is 98.8 Å². The predicted molar refractivity (Wildman–Crippen MR) is 133 cm³/mol. The predicted octanol–water partition coefficient (Wildman–Crippen LogP) is 4.41. The van der Waals surface area contributed by atoms with Crippen molar-refractivity contribution in [2.24, 2.45) is 0 Å². The Bertz CT molecular complexity index is 1220. The van der Waals surface area contributed by atoms with E-state index < -0.39 is 10.8 Å². The Balaban J connectivity index is 1.28. The van der Waals surface area contributed by atoms with Crippen LogP contribution in [0.3, 0.4) is 0 Å². The maximum absolute atomic E-state index is 15.1. The summed E-state index contributed by atoms with van der Waals surface area (Å²) in [7, 11) is -0.632. The standard InChI is InChI=1S/C23H27ClFN7OS/c1-13-7-20(27-23-26-10-18(24)22(29-23)28-21-8-14(2)30-31-21)19(25)9-17(13)15-3-5-32(6-4-15)16-11-34(33)12-16/h7-10,15-16H,3-6,11-12H2,1-2H3,(H3,26,27,28,29,30,31). The van der Waals surface area contributed by atoms with Crippen molar-refractivity contribution in [1.82, 2.24) is 25.1 Å². The van der Waals surface area contributed by atoms with Crippen LogP contribution in [0.1, 0.15) is 35.6 Å². The highest BCUT2D eigenvalue weighted by atomic mass is 35.5. The quantitative estimate of drug-likeness (QED) is 0.458. The average molecular weight is 504 g/mol. The fourth-order valence-corrected chi connectivity index (χ4v) is 5.96. The number of benzene rings is 1. The molecular formula is C23H27ClFN7OS. The molecule has 180 valence electrons.